The van der Waals surface area contributed by atoms with Crippen LogP contribution in [0.3, 0.4) is 0 Å². The van der Waals surface area contributed by atoms with Crippen LogP contribution in [-0.4, -0.2) is 34.2 Å². The summed E-state index contributed by atoms with van der Waals surface area (Å²) in [6.45, 7) is 3.97. The van der Waals surface area contributed by atoms with Crippen molar-refractivity contribution in [3.63, 3.8) is 0 Å². The molecule has 4 heteroatoms. The predicted octanol–water partition coefficient (Wildman–Crippen LogP) is 1.58. The second-order valence-corrected chi connectivity index (χ2v) is 4.86. The van der Waals surface area contributed by atoms with E-state index < -0.39 is 0 Å². The molecule has 2 rings (SSSR count). The molecule has 2 atom stereocenters. The fourth-order valence-electron chi connectivity index (χ4n) is 2.46. The van der Waals surface area contributed by atoms with E-state index in [2.05, 4.69) is 11.8 Å². The molecule has 94 valence electrons. The Morgan fingerprint density at radius 3 is 2.53 bits per heavy atom. The number of hydrogen-bond donors (Lipinski definition) is 3. The average molecular weight is 236 g/mol. The van der Waals surface area contributed by atoms with E-state index in [1.807, 2.05) is 0 Å². The SMILES string of the molecule is CC(c1cc(O)cc(O)c1)N1CCCC(N)C1. The Bertz CT molecular complexity index is 375. The molecule has 4 N–H and O–H groups in total. The first-order valence-electron chi connectivity index (χ1n) is 6.09. The van der Waals surface area contributed by atoms with E-state index in [0.717, 1.165) is 31.5 Å². The summed E-state index contributed by atoms with van der Waals surface area (Å²) in [6, 6.07) is 5.14. The minimum Gasteiger partial charge on any atom is -0.508 e. The van der Waals surface area contributed by atoms with Crippen LogP contribution in [-0.2, 0) is 0 Å². The maximum atomic E-state index is 9.49. The van der Waals surface area contributed by atoms with Gasteiger partial charge in [-0.2, -0.15) is 0 Å². The number of likely N-dealkylation sites (tertiary alicyclic amines) is 1. The summed E-state index contributed by atoms with van der Waals surface area (Å²) >= 11 is 0. The minimum absolute atomic E-state index is 0.105. The van der Waals surface area contributed by atoms with E-state index in [4.69, 9.17) is 5.73 Å². The van der Waals surface area contributed by atoms with E-state index in [1.165, 1.54) is 6.07 Å². The molecule has 1 aromatic rings. The van der Waals surface area contributed by atoms with Gasteiger partial charge in [0.05, 0.1) is 0 Å². The molecule has 0 aliphatic carbocycles. The molecule has 0 bridgehead atoms. The van der Waals surface area contributed by atoms with Crippen LogP contribution in [0.4, 0.5) is 0 Å². The van der Waals surface area contributed by atoms with Crippen LogP contribution in [0.25, 0.3) is 0 Å². The standard InChI is InChI=1S/C13H20N2O2/c1-9(15-4-2-3-11(14)8-15)10-5-12(16)7-13(17)6-10/h5-7,9,11,16-17H,2-4,8,14H2,1H3. The van der Waals surface area contributed by atoms with Crippen molar-refractivity contribution in [2.75, 3.05) is 13.1 Å². The molecule has 1 saturated heterocycles. The number of hydrogen-bond acceptors (Lipinski definition) is 4. The maximum absolute atomic E-state index is 9.49. The lowest BCUT2D eigenvalue weighted by atomic mass is 10.0. The smallest absolute Gasteiger partial charge is 0.119 e. The molecular formula is C13H20N2O2. The van der Waals surface area contributed by atoms with E-state index in [9.17, 15) is 10.2 Å². The number of piperidine rings is 1. The van der Waals surface area contributed by atoms with E-state index in [1.54, 1.807) is 12.1 Å². The zero-order chi connectivity index (χ0) is 12.4. The molecule has 0 spiro atoms. The van der Waals surface area contributed by atoms with Gasteiger partial charge in [0.15, 0.2) is 0 Å². The molecule has 0 amide bonds. The highest BCUT2D eigenvalue weighted by Gasteiger charge is 2.22. The van der Waals surface area contributed by atoms with Crippen LogP contribution in [0.5, 0.6) is 11.5 Å². The van der Waals surface area contributed by atoms with Gasteiger partial charge in [-0.3, -0.25) is 4.90 Å². The number of phenolic OH excluding ortho intramolecular Hbond substituents is 2. The summed E-state index contributed by atoms with van der Waals surface area (Å²) in [6.07, 6.45) is 2.19. The van der Waals surface area contributed by atoms with Gasteiger partial charge in [-0.15, -0.1) is 0 Å². The summed E-state index contributed by atoms with van der Waals surface area (Å²) in [5.41, 5.74) is 6.89. The summed E-state index contributed by atoms with van der Waals surface area (Å²) in [5, 5.41) is 19.0. The van der Waals surface area contributed by atoms with Crippen molar-refractivity contribution >= 4 is 0 Å². The first-order valence-corrected chi connectivity index (χ1v) is 6.09. The number of nitrogens with two attached hydrogens (primary N) is 1. The quantitative estimate of drug-likeness (QED) is 0.729. The molecule has 0 saturated carbocycles. The first kappa shape index (κ1) is 12.2. The second kappa shape index (κ2) is 4.94. The van der Waals surface area contributed by atoms with Crippen molar-refractivity contribution < 1.29 is 10.2 Å². The molecule has 17 heavy (non-hydrogen) atoms. The van der Waals surface area contributed by atoms with Crippen molar-refractivity contribution in [1.82, 2.24) is 4.90 Å². The fourth-order valence-corrected chi connectivity index (χ4v) is 2.46. The summed E-state index contributed by atoms with van der Waals surface area (Å²) < 4.78 is 0. The Morgan fingerprint density at radius 2 is 1.94 bits per heavy atom. The number of phenols is 2. The predicted molar refractivity (Wildman–Crippen MR) is 67.0 cm³/mol. The fraction of sp³-hybridized carbons (Fsp3) is 0.538. The number of nitrogens with zero attached hydrogens (tertiary/aromatic N) is 1. The highest BCUT2D eigenvalue weighted by atomic mass is 16.3. The lowest BCUT2D eigenvalue weighted by Crippen LogP contribution is -2.43. The molecule has 0 radical (unpaired) electrons. The number of benzene rings is 1. The van der Waals surface area contributed by atoms with Crippen molar-refractivity contribution in [3.05, 3.63) is 23.8 Å². The van der Waals surface area contributed by atoms with Gasteiger partial charge in [-0.05, 0) is 44.0 Å². The van der Waals surface area contributed by atoms with Crippen molar-refractivity contribution in [2.24, 2.45) is 5.73 Å². The highest BCUT2D eigenvalue weighted by molar-refractivity contribution is 5.38. The van der Waals surface area contributed by atoms with E-state index in [-0.39, 0.29) is 23.6 Å². The van der Waals surface area contributed by atoms with Gasteiger partial charge in [0.2, 0.25) is 0 Å². The highest BCUT2D eigenvalue weighted by Crippen LogP contribution is 2.29. The van der Waals surface area contributed by atoms with Gasteiger partial charge in [0.25, 0.3) is 0 Å². The molecule has 4 nitrogen and oxygen atoms in total. The summed E-state index contributed by atoms with van der Waals surface area (Å²) in [4.78, 5) is 2.29. The Kier molecular flexibility index (Phi) is 3.54. The van der Waals surface area contributed by atoms with Gasteiger partial charge in [0.1, 0.15) is 11.5 Å². The molecule has 1 heterocycles. The second-order valence-electron chi connectivity index (χ2n) is 4.86. The molecular weight excluding hydrogens is 216 g/mol. The largest absolute Gasteiger partial charge is 0.508 e. The molecule has 1 aliphatic heterocycles. The molecule has 0 aromatic heterocycles. The van der Waals surface area contributed by atoms with E-state index >= 15 is 0 Å². The monoisotopic (exact) mass is 236 g/mol. The number of aromatic hydroxyl groups is 2. The maximum Gasteiger partial charge on any atom is 0.119 e. The lowest BCUT2D eigenvalue weighted by Gasteiger charge is -2.35. The third-order valence-electron chi connectivity index (χ3n) is 3.44. The topological polar surface area (TPSA) is 69.7 Å². The van der Waals surface area contributed by atoms with Crippen molar-refractivity contribution in [2.45, 2.75) is 31.8 Å². The Labute approximate surface area is 102 Å². The lowest BCUT2D eigenvalue weighted by molar-refractivity contribution is 0.159. The van der Waals surface area contributed by atoms with Crippen LogP contribution in [0.1, 0.15) is 31.4 Å². The Hall–Kier alpha value is -1.26. The Morgan fingerprint density at radius 1 is 1.29 bits per heavy atom. The molecule has 1 aliphatic rings. The third kappa shape index (κ3) is 2.90. The van der Waals surface area contributed by atoms with Crippen LogP contribution in [0.15, 0.2) is 18.2 Å². The zero-order valence-electron chi connectivity index (χ0n) is 10.1. The minimum atomic E-state index is 0.105. The average Bonchev–Trinajstić information content (AvgIpc) is 2.26. The van der Waals surface area contributed by atoms with Crippen molar-refractivity contribution in [3.8, 4) is 11.5 Å². The zero-order valence-corrected chi connectivity index (χ0v) is 10.1. The van der Waals surface area contributed by atoms with Crippen LogP contribution in [0.2, 0.25) is 0 Å². The van der Waals surface area contributed by atoms with Crippen LogP contribution in [0, 0.1) is 0 Å². The van der Waals surface area contributed by atoms with Crippen LogP contribution < -0.4 is 5.73 Å². The van der Waals surface area contributed by atoms with Crippen molar-refractivity contribution in [1.29, 1.82) is 0 Å². The first-order chi connectivity index (χ1) is 8.06. The van der Waals surface area contributed by atoms with Gasteiger partial charge in [0, 0.05) is 24.7 Å². The van der Waals surface area contributed by atoms with Gasteiger partial charge in [-0.25, -0.2) is 0 Å². The van der Waals surface area contributed by atoms with Gasteiger partial charge < -0.3 is 15.9 Å². The summed E-state index contributed by atoms with van der Waals surface area (Å²) in [7, 11) is 0. The Balaban J connectivity index is 2.15. The normalized spacial score (nSPS) is 23.5. The van der Waals surface area contributed by atoms with Crippen LogP contribution >= 0.6 is 0 Å². The molecule has 1 aromatic carbocycles. The third-order valence-corrected chi connectivity index (χ3v) is 3.44. The van der Waals surface area contributed by atoms with E-state index in [0.29, 0.717) is 0 Å². The summed E-state index contributed by atoms with van der Waals surface area (Å²) in [5.74, 6) is 0.210. The van der Waals surface area contributed by atoms with Gasteiger partial charge >= 0.3 is 0 Å². The number of rotatable bonds is 2. The molecule has 2 unspecified atom stereocenters. The van der Waals surface area contributed by atoms with Gasteiger partial charge in [-0.1, -0.05) is 0 Å². The molecule has 1 fully saturated rings.